The smallest absolute Gasteiger partial charge is 0.119 e. The molecule has 0 radical (unpaired) electrons. The molecule has 21 heavy (non-hydrogen) atoms. The summed E-state index contributed by atoms with van der Waals surface area (Å²) in [7, 11) is 0. The van der Waals surface area contributed by atoms with Crippen molar-refractivity contribution in [1.29, 1.82) is 0 Å². The molecule has 112 valence electrons. The molecule has 2 aromatic carbocycles. The third kappa shape index (κ3) is 4.88. The molecule has 0 fully saturated rings. The van der Waals surface area contributed by atoms with Crippen LogP contribution in [0.1, 0.15) is 25.8 Å². The lowest BCUT2D eigenvalue weighted by Crippen LogP contribution is -2.21. The lowest BCUT2D eigenvalue weighted by Gasteiger charge is -2.17. The van der Waals surface area contributed by atoms with Crippen LogP contribution in [0, 0.1) is 0 Å². The minimum Gasteiger partial charge on any atom is -0.493 e. The summed E-state index contributed by atoms with van der Waals surface area (Å²) in [4.78, 5) is 0. The lowest BCUT2D eigenvalue weighted by atomic mass is 10.0. The van der Waals surface area contributed by atoms with Gasteiger partial charge in [0.1, 0.15) is 5.75 Å². The van der Waals surface area contributed by atoms with Gasteiger partial charge in [0.25, 0.3) is 0 Å². The number of nitrogens with two attached hydrogens (primary N) is 1. The van der Waals surface area contributed by atoms with Gasteiger partial charge in [-0.3, -0.25) is 0 Å². The molecule has 3 N–H and O–H groups in total. The molecule has 0 unspecified atom stereocenters. The van der Waals surface area contributed by atoms with Gasteiger partial charge in [-0.2, -0.15) is 0 Å². The Kier molecular flexibility index (Phi) is 4.99. The number of hydrogen-bond donors (Lipinski definition) is 2. The summed E-state index contributed by atoms with van der Waals surface area (Å²) in [5.41, 5.74) is 8.35. The Balaban J connectivity index is 1.98. The van der Waals surface area contributed by atoms with Crippen molar-refractivity contribution < 1.29 is 9.84 Å². The Labute approximate surface area is 126 Å². The van der Waals surface area contributed by atoms with Gasteiger partial charge in [0.05, 0.1) is 12.2 Å². The quantitative estimate of drug-likeness (QED) is 0.855. The van der Waals surface area contributed by atoms with Gasteiger partial charge in [0.15, 0.2) is 0 Å². The lowest BCUT2D eigenvalue weighted by molar-refractivity contribution is 0.0553. The van der Waals surface area contributed by atoms with E-state index >= 15 is 0 Å². The molecule has 2 aromatic rings. The van der Waals surface area contributed by atoms with Gasteiger partial charge in [0, 0.05) is 13.0 Å². The molecule has 0 bridgehead atoms. The molecule has 2 rings (SSSR count). The highest BCUT2D eigenvalue weighted by Crippen LogP contribution is 2.23. The standard InChI is InChI=1S/C18H23NO2/c1-18(2,20)11-12-21-17-9-7-16(8-10-17)15-5-3-14(13-19)4-6-15/h3-10,20H,11-13,19H2,1-2H3. The van der Waals surface area contributed by atoms with Gasteiger partial charge in [-0.25, -0.2) is 0 Å². The largest absolute Gasteiger partial charge is 0.493 e. The maximum atomic E-state index is 9.64. The molecule has 0 saturated carbocycles. The van der Waals surface area contributed by atoms with Gasteiger partial charge < -0.3 is 15.6 Å². The number of benzene rings is 2. The molecule has 0 atom stereocenters. The van der Waals surface area contributed by atoms with E-state index in [2.05, 4.69) is 12.1 Å². The summed E-state index contributed by atoms with van der Waals surface area (Å²) in [6.07, 6.45) is 0.606. The molecule has 0 aliphatic heterocycles. The Hall–Kier alpha value is -1.84. The molecule has 0 aromatic heterocycles. The van der Waals surface area contributed by atoms with Gasteiger partial charge in [-0.15, -0.1) is 0 Å². The van der Waals surface area contributed by atoms with Crippen molar-refractivity contribution in [1.82, 2.24) is 0 Å². The number of ether oxygens (including phenoxy) is 1. The van der Waals surface area contributed by atoms with Crippen molar-refractivity contribution in [2.75, 3.05) is 6.61 Å². The average molecular weight is 285 g/mol. The second-order valence-corrected chi connectivity index (χ2v) is 5.84. The van der Waals surface area contributed by atoms with Gasteiger partial charge in [-0.1, -0.05) is 36.4 Å². The zero-order chi connectivity index (χ0) is 15.3. The van der Waals surface area contributed by atoms with E-state index < -0.39 is 5.60 Å². The predicted octanol–water partition coefficient (Wildman–Crippen LogP) is 3.35. The highest BCUT2D eigenvalue weighted by Gasteiger charge is 2.12. The van der Waals surface area contributed by atoms with Crippen LogP contribution in [-0.4, -0.2) is 17.3 Å². The van der Waals surface area contributed by atoms with Crippen LogP contribution >= 0.6 is 0 Å². The van der Waals surface area contributed by atoms with Crippen LogP contribution in [0.4, 0.5) is 0 Å². The van der Waals surface area contributed by atoms with Crippen molar-refractivity contribution in [3.8, 4) is 16.9 Å². The van der Waals surface area contributed by atoms with Crippen LogP contribution in [0.25, 0.3) is 11.1 Å². The molecule has 0 aliphatic rings. The molecule has 3 heteroatoms. The van der Waals surface area contributed by atoms with E-state index in [1.165, 1.54) is 0 Å². The summed E-state index contributed by atoms with van der Waals surface area (Å²) in [5, 5.41) is 9.64. The summed E-state index contributed by atoms with van der Waals surface area (Å²) < 4.78 is 5.63. The topological polar surface area (TPSA) is 55.5 Å². The fourth-order valence-corrected chi connectivity index (χ4v) is 2.00. The Morgan fingerprint density at radius 3 is 1.95 bits per heavy atom. The first-order chi connectivity index (χ1) is 9.98. The first-order valence-electron chi connectivity index (χ1n) is 7.22. The second-order valence-electron chi connectivity index (χ2n) is 5.84. The van der Waals surface area contributed by atoms with Crippen molar-refractivity contribution in [3.05, 3.63) is 54.1 Å². The fraction of sp³-hybridized carbons (Fsp3) is 0.333. The van der Waals surface area contributed by atoms with Crippen molar-refractivity contribution in [3.63, 3.8) is 0 Å². The molecular weight excluding hydrogens is 262 g/mol. The van der Waals surface area contributed by atoms with Gasteiger partial charge in [-0.05, 0) is 42.7 Å². The zero-order valence-electron chi connectivity index (χ0n) is 12.7. The highest BCUT2D eigenvalue weighted by atomic mass is 16.5. The number of aliphatic hydroxyl groups is 1. The summed E-state index contributed by atoms with van der Waals surface area (Å²) >= 11 is 0. The third-order valence-electron chi connectivity index (χ3n) is 3.36. The second kappa shape index (κ2) is 6.74. The SMILES string of the molecule is CC(C)(O)CCOc1ccc(-c2ccc(CN)cc2)cc1. The summed E-state index contributed by atoms with van der Waals surface area (Å²) in [6, 6.07) is 16.2. The van der Waals surface area contributed by atoms with Crippen molar-refractivity contribution >= 4 is 0 Å². The van der Waals surface area contributed by atoms with Crippen LogP contribution in [0.3, 0.4) is 0 Å². The zero-order valence-corrected chi connectivity index (χ0v) is 12.7. The minimum absolute atomic E-state index is 0.508. The van der Waals surface area contributed by atoms with E-state index in [0.717, 1.165) is 22.4 Å². The Morgan fingerprint density at radius 1 is 0.952 bits per heavy atom. The van der Waals surface area contributed by atoms with E-state index in [1.54, 1.807) is 13.8 Å². The van der Waals surface area contributed by atoms with E-state index in [4.69, 9.17) is 10.5 Å². The van der Waals surface area contributed by atoms with Crippen LogP contribution in [-0.2, 0) is 6.54 Å². The third-order valence-corrected chi connectivity index (χ3v) is 3.36. The first kappa shape index (κ1) is 15.5. The number of rotatable bonds is 6. The minimum atomic E-state index is -0.690. The van der Waals surface area contributed by atoms with E-state index in [-0.39, 0.29) is 0 Å². The van der Waals surface area contributed by atoms with Crippen molar-refractivity contribution in [2.45, 2.75) is 32.4 Å². The molecule has 0 heterocycles. The first-order valence-corrected chi connectivity index (χ1v) is 7.22. The molecule has 0 aliphatic carbocycles. The average Bonchev–Trinajstić information content (AvgIpc) is 2.47. The van der Waals surface area contributed by atoms with E-state index in [1.807, 2.05) is 36.4 Å². The predicted molar refractivity (Wildman–Crippen MR) is 86.2 cm³/mol. The molecule has 0 spiro atoms. The highest BCUT2D eigenvalue weighted by molar-refractivity contribution is 5.64. The maximum Gasteiger partial charge on any atom is 0.119 e. The molecule has 0 amide bonds. The normalized spacial score (nSPS) is 11.4. The maximum absolute atomic E-state index is 9.64. The Bertz CT molecular complexity index is 553. The molecular formula is C18H23NO2. The van der Waals surface area contributed by atoms with E-state index in [0.29, 0.717) is 19.6 Å². The summed E-state index contributed by atoms with van der Waals surface area (Å²) in [6.45, 7) is 4.64. The van der Waals surface area contributed by atoms with E-state index in [9.17, 15) is 5.11 Å². The van der Waals surface area contributed by atoms with Gasteiger partial charge in [0.2, 0.25) is 0 Å². The van der Waals surface area contributed by atoms with Crippen LogP contribution < -0.4 is 10.5 Å². The summed E-state index contributed by atoms with van der Waals surface area (Å²) in [5.74, 6) is 0.821. The van der Waals surface area contributed by atoms with Crippen LogP contribution in [0.5, 0.6) is 5.75 Å². The van der Waals surface area contributed by atoms with Crippen LogP contribution in [0.2, 0.25) is 0 Å². The fourth-order valence-electron chi connectivity index (χ4n) is 2.00. The number of hydrogen-bond acceptors (Lipinski definition) is 3. The van der Waals surface area contributed by atoms with Crippen molar-refractivity contribution in [2.24, 2.45) is 5.73 Å². The monoisotopic (exact) mass is 285 g/mol. The van der Waals surface area contributed by atoms with Gasteiger partial charge >= 0.3 is 0 Å². The molecule has 3 nitrogen and oxygen atoms in total. The molecule has 0 saturated heterocycles. The Morgan fingerprint density at radius 2 is 1.48 bits per heavy atom. The van der Waals surface area contributed by atoms with Crippen LogP contribution in [0.15, 0.2) is 48.5 Å².